The molecule has 1 aliphatic rings. The second-order valence-corrected chi connectivity index (χ2v) is 9.08. The molecule has 0 aliphatic heterocycles. The minimum atomic E-state index is 0.0961. The van der Waals surface area contributed by atoms with E-state index in [0.29, 0.717) is 12.4 Å². The maximum absolute atomic E-state index is 13.4. The van der Waals surface area contributed by atoms with Crippen LogP contribution in [0.3, 0.4) is 0 Å². The third-order valence-electron chi connectivity index (χ3n) is 6.28. The van der Waals surface area contributed by atoms with E-state index in [1.165, 1.54) is 0 Å². The first kappa shape index (κ1) is 22.1. The quantitative estimate of drug-likeness (QED) is 0.453. The van der Waals surface area contributed by atoms with E-state index in [2.05, 4.69) is 26.0 Å². The molecular formula is C27H33N3O2. The van der Waals surface area contributed by atoms with Crippen molar-refractivity contribution in [2.75, 3.05) is 0 Å². The van der Waals surface area contributed by atoms with Gasteiger partial charge >= 0.3 is 0 Å². The second-order valence-electron chi connectivity index (χ2n) is 9.08. The number of aryl methyl sites for hydroxylation is 2. The normalized spacial score (nSPS) is 14.2. The van der Waals surface area contributed by atoms with Crippen LogP contribution in [0.25, 0.3) is 11.3 Å². The van der Waals surface area contributed by atoms with E-state index < -0.39 is 0 Å². The Morgan fingerprint density at radius 3 is 2.50 bits per heavy atom. The third kappa shape index (κ3) is 4.72. The Morgan fingerprint density at radius 2 is 1.84 bits per heavy atom. The van der Waals surface area contributed by atoms with Gasteiger partial charge in [0.15, 0.2) is 0 Å². The van der Waals surface area contributed by atoms with Gasteiger partial charge in [0.25, 0.3) is 0 Å². The number of aromatic nitrogens is 2. The van der Waals surface area contributed by atoms with Gasteiger partial charge < -0.3 is 9.64 Å². The first-order chi connectivity index (χ1) is 15.4. The van der Waals surface area contributed by atoms with Crippen molar-refractivity contribution in [3.05, 3.63) is 65.7 Å². The van der Waals surface area contributed by atoms with Crippen molar-refractivity contribution in [2.45, 2.75) is 59.0 Å². The van der Waals surface area contributed by atoms with E-state index in [0.717, 1.165) is 53.8 Å². The molecule has 168 valence electrons. The fourth-order valence-corrected chi connectivity index (χ4v) is 4.53. The van der Waals surface area contributed by atoms with Gasteiger partial charge in [0.1, 0.15) is 11.4 Å². The summed E-state index contributed by atoms with van der Waals surface area (Å²) < 4.78 is 8.16. The maximum Gasteiger partial charge on any atom is 0.226 e. The molecule has 5 nitrogen and oxygen atoms in total. The second kappa shape index (κ2) is 9.60. The van der Waals surface area contributed by atoms with Crippen LogP contribution in [0.1, 0.15) is 50.7 Å². The van der Waals surface area contributed by atoms with Crippen LogP contribution >= 0.6 is 0 Å². The number of hydrogen-bond donors (Lipinski definition) is 0. The van der Waals surface area contributed by atoms with E-state index >= 15 is 0 Å². The lowest BCUT2D eigenvalue weighted by molar-refractivity contribution is -0.137. The number of nitrogens with zero attached hydrogens (tertiary/aromatic N) is 3. The van der Waals surface area contributed by atoms with Gasteiger partial charge in [-0.15, -0.1) is 0 Å². The molecule has 0 bridgehead atoms. The molecule has 0 spiro atoms. The molecule has 1 saturated carbocycles. The average molecular weight is 432 g/mol. The van der Waals surface area contributed by atoms with Crippen molar-refractivity contribution in [1.29, 1.82) is 0 Å². The molecule has 1 fully saturated rings. The molecule has 1 heterocycles. The Kier molecular flexibility index (Phi) is 6.63. The smallest absolute Gasteiger partial charge is 0.226 e. The standard InChI is InChI=1S/C27H33N3O2/c1-19(2)30(26(31)22-14-8-9-15-22)18-24-25(21-12-6-5-7-13-21)28-29(4)27(24)32-23-16-10-11-20(3)17-23/h5-7,10-13,16-17,19,22H,8-9,14-15,18H2,1-4H3. The highest BCUT2D eigenvalue weighted by atomic mass is 16.5. The van der Waals surface area contributed by atoms with Crippen molar-refractivity contribution in [2.24, 2.45) is 13.0 Å². The van der Waals surface area contributed by atoms with Crippen molar-refractivity contribution >= 4 is 5.91 Å². The number of benzene rings is 2. The zero-order valence-electron chi connectivity index (χ0n) is 19.5. The first-order valence-corrected chi connectivity index (χ1v) is 11.6. The summed E-state index contributed by atoms with van der Waals surface area (Å²) in [6.07, 6.45) is 4.28. The van der Waals surface area contributed by atoms with Crippen LogP contribution < -0.4 is 4.74 Å². The maximum atomic E-state index is 13.4. The summed E-state index contributed by atoms with van der Waals surface area (Å²) in [4.78, 5) is 15.4. The molecule has 1 aromatic heterocycles. The van der Waals surface area contributed by atoms with Crippen molar-refractivity contribution in [1.82, 2.24) is 14.7 Å². The molecule has 0 atom stereocenters. The molecule has 32 heavy (non-hydrogen) atoms. The highest BCUT2D eigenvalue weighted by Crippen LogP contribution is 2.36. The predicted octanol–water partition coefficient (Wildman–Crippen LogP) is 6.12. The number of rotatable bonds is 7. The predicted molar refractivity (Wildman–Crippen MR) is 128 cm³/mol. The van der Waals surface area contributed by atoms with Crippen LogP contribution in [0.5, 0.6) is 11.6 Å². The number of carbonyl (C=O) groups excluding carboxylic acids is 1. The molecular weight excluding hydrogens is 398 g/mol. The summed E-state index contributed by atoms with van der Waals surface area (Å²) in [6, 6.07) is 18.2. The summed E-state index contributed by atoms with van der Waals surface area (Å²) in [5.74, 6) is 1.84. The summed E-state index contributed by atoms with van der Waals surface area (Å²) in [6.45, 7) is 6.71. The number of amides is 1. The van der Waals surface area contributed by atoms with Gasteiger partial charge in [0.05, 0.1) is 12.1 Å². The molecule has 1 aliphatic carbocycles. The zero-order valence-corrected chi connectivity index (χ0v) is 19.5. The zero-order chi connectivity index (χ0) is 22.7. The van der Waals surface area contributed by atoms with Gasteiger partial charge in [-0.05, 0) is 51.3 Å². The lowest BCUT2D eigenvalue weighted by atomic mass is 10.0. The molecule has 3 aromatic rings. The van der Waals surface area contributed by atoms with E-state index in [1.54, 1.807) is 4.68 Å². The van der Waals surface area contributed by atoms with Crippen LogP contribution in [-0.2, 0) is 18.4 Å². The van der Waals surface area contributed by atoms with Crippen LogP contribution in [0.15, 0.2) is 54.6 Å². The Hall–Kier alpha value is -3.08. The number of carbonyl (C=O) groups is 1. The lowest BCUT2D eigenvalue weighted by Gasteiger charge is -2.29. The summed E-state index contributed by atoms with van der Waals surface area (Å²) in [5.41, 5.74) is 3.96. The fourth-order valence-electron chi connectivity index (χ4n) is 4.53. The van der Waals surface area contributed by atoms with Crippen LogP contribution in [0, 0.1) is 12.8 Å². The lowest BCUT2D eigenvalue weighted by Crippen LogP contribution is -2.39. The minimum Gasteiger partial charge on any atom is -0.439 e. The average Bonchev–Trinajstić information content (AvgIpc) is 3.41. The SMILES string of the molecule is Cc1cccc(Oc2c(CN(C(=O)C3CCCC3)C(C)C)c(-c3ccccc3)nn2C)c1. The van der Waals surface area contributed by atoms with Gasteiger partial charge in [0.2, 0.25) is 11.8 Å². The van der Waals surface area contributed by atoms with Crippen molar-refractivity contribution in [3.63, 3.8) is 0 Å². The van der Waals surface area contributed by atoms with Crippen LogP contribution in [0.2, 0.25) is 0 Å². The van der Waals surface area contributed by atoms with E-state index in [1.807, 2.05) is 61.3 Å². The fraction of sp³-hybridized carbons (Fsp3) is 0.407. The van der Waals surface area contributed by atoms with Gasteiger partial charge in [-0.1, -0.05) is 55.3 Å². The third-order valence-corrected chi connectivity index (χ3v) is 6.28. The molecule has 5 heteroatoms. The minimum absolute atomic E-state index is 0.0961. The van der Waals surface area contributed by atoms with E-state index in [9.17, 15) is 4.79 Å². The summed E-state index contributed by atoms with van der Waals surface area (Å²) in [5, 5.41) is 4.82. The first-order valence-electron chi connectivity index (χ1n) is 11.6. The summed E-state index contributed by atoms with van der Waals surface area (Å²) in [7, 11) is 1.90. The van der Waals surface area contributed by atoms with E-state index in [-0.39, 0.29) is 17.9 Å². The number of ether oxygens (including phenoxy) is 1. The largest absolute Gasteiger partial charge is 0.439 e. The van der Waals surface area contributed by atoms with Gasteiger partial charge in [-0.25, -0.2) is 4.68 Å². The van der Waals surface area contributed by atoms with Crippen LogP contribution in [0.4, 0.5) is 0 Å². The number of hydrogen-bond acceptors (Lipinski definition) is 3. The van der Waals surface area contributed by atoms with Gasteiger partial charge in [-0.3, -0.25) is 4.79 Å². The Labute approximate surface area is 191 Å². The van der Waals surface area contributed by atoms with E-state index in [4.69, 9.17) is 9.84 Å². The van der Waals surface area contributed by atoms with Crippen molar-refractivity contribution in [3.8, 4) is 22.9 Å². The Morgan fingerprint density at radius 1 is 1.12 bits per heavy atom. The molecule has 0 N–H and O–H groups in total. The molecule has 0 radical (unpaired) electrons. The summed E-state index contributed by atoms with van der Waals surface area (Å²) >= 11 is 0. The molecule has 2 aromatic carbocycles. The van der Waals surface area contributed by atoms with Gasteiger partial charge in [-0.2, -0.15) is 5.10 Å². The Bertz CT molecular complexity index is 1070. The van der Waals surface area contributed by atoms with Crippen molar-refractivity contribution < 1.29 is 9.53 Å². The molecule has 0 saturated heterocycles. The highest BCUT2D eigenvalue weighted by Gasteiger charge is 2.31. The molecule has 1 amide bonds. The van der Waals surface area contributed by atoms with Gasteiger partial charge in [0, 0.05) is 24.6 Å². The molecule has 0 unspecified atom stereocenters. The Balaban J connectivity index is 1.75. The monoisotopic (exact) mass is 431 g/mol. The van der Waals surface area contributed by atoms with Crippen LogP contribution in [-0.4, -0.2) is 26.6 Å². The highest BCUT2D eigenvalue weighted by molar-refractivity contribution is 5.80. The topological polar surface area (TPSA) is 47.4 Å². The molecule has 4 rings (SSSR count).